The van der Waals surface area contributed by atoms with Crippen LogP contribution >= 0.6 is 0 Å². The number of aryl methyl sites for hydroxylation is 1. The summed E-state index contributed by atoms with van der Waals surface area (Å²) in [6, 6.07) is 7.35. The van der Waals surface area contributed by atoms with Crippen LogP contribution in [0.3, 0.4) is 0 Å². The van der Waals surface area contributed by atoms with Gasteiger partial charge in [-0.2, -0.15) is 0 Å². The minimum Gasteiger partial charge on any atom is -0.354 e. The maximum absolute atomic E-state index is 12.0. The number of benzene rings is 1. The van der Waals surface area contributed by atoms with Gasteiger partial charge in [-0.05, 0) is 25.5 Å². The molecule has 0 bridgehead atoms. The lowest BCUT2D eigenvalue weighted by atomic mass is 10.2. The predicted molar refractivity (Wildman–Crippen MR) is 69.4 cm³/mol. The summed E-state index contributed by atoms with van der Waals surface area (Å²) in [7, 11) is 0. The van der Waals surface area contributed by atoms with Crippen LogP contribution in [0.2, 0.25) is 0 Å². The van der Waals surface area contributed by atoms with Gasteiger partial charge in [0.1, 0.15) is 6.54 Å². The molecule has 0 aliphatic carbocycles. The van der Waals surface area contributed by atoms with E-state index >= 15 is 0 Å². The number of nitrogens with zero attached hydrogens (tertiary/aromatic N) is 1. The Bertz CT molecular complexity index is 442. The van der Waals surface area contributed by atoms with Crippen molar-refractivity contribution in [1.29, 1.82) is 0 Å². The van der Waals surface area contributed by atoms with E-state index in [1.54, 1.807) is 0 Å². The van der Waals surface area contributed by atoms with Crippen LogP contribution in [-0.4, -0.2) is 36.5 Å². The molecule has 18 heavy (non-hydrogen) atoms. The van der Waals surface area contributed by atoms with Crippen LogP contribution in [0.25, 0.3) is 0 Å². The molecule has 2 rings (SSSR count). The van der Waals surface area contributed by atoms with Crippen LogP contribution < -0.4 is 10.6 Å². The summed E-state index contributed by atoms with van der Waals surface area (Å²) < 4.78 is 0. The number of rotatable bonds is 1. The molecule has 0 aromatic heterocycles. The van der Waals surface area contributed by atoms with Crippen LogP contribution in [0.5, 0.6) is 0 Å². The summed E-state index contributed by atoms with van der Waals surface area (Å²) in [5.74, 6) is -0.105. The monoisotopic (exact) mass is 247 g/mol. The van der Waals surface area contributed by atoms with E-state index < -0.39 is 0 Å². The fraction of sp³-hybridized carbons (Fsp3) is 0.385. The summed E-state index contributed by atoms with van der Waals surface area (Å²) in [4.78, 5) is 24.9. The zero-order valence-electron chi connectivity index (χ0n) is 10.4. The van der Waals surface area contributed by atoms with Gasteiger partial charge in [-0.3, -0.25) is 4.79 Å². The van der Waals surface area contributed by atoms with Gasteiger partial charge in [0.25, 0.3) is 0 Å². The van der Waals surface area contributed by atoms with Gasteiger partial charge in [-0.25, -0.2) is 4.79 Å². The molecule has 0 spiro atoms. The molecule has 0 atom stereocenters. The Morgan fingerprint density at radius 3 is 2.78 bits per heavy atom. The normalized spacial score (nSPS) is 15.8. The molecule has 1 aliphatic heterocycles. The molecule has 5 nitrogen and oxygen atoms in total. The third kappa shape index (κ3) is 3.23. The second-order valence-electron chi connectivity index (χ2n) is 4.42. The van der Waals surface area contributed by atoms with Gasteiger partial charge < -0.3 is 15.5 Å². The molecule has 96 valence electrons. The predicted octanol–water partition coefficient (Wildman–Crippen LogP) is 1.35. The number of carbonyl (C=O) groups is 2. The topological polar surface area (TPSA) is 61.4 Å². The molecule has 2 N–H and O–H groups in total. The van der Waals surface area contributed by atoms with Gasteiger partial charge in [0.2, 0.25) is 5.91 Å². The number of urea groups is 1. The molecule has 0 saturated carbocycles. The van der Waals surface area contributed by atoms with E-state index in [9.17, 15) is 9.59 Å². The van der Waals surface area contributed by atoms with Crippen LogP contribution in [-0.2, 0) is 4.79 Å². The number of amides is 3. The second-order valence-corrected chi connectivity index (χ2v) is 4.42. The molecule has 1 fully saturated rings. The van der Waals surface area contributed by atoms with Crippen molar-refractivity contribution in [3.05, 3.63) is 29.8 Å². The fourth-order valence-electron chi connectivity index (χ4n) is 1.82. The highest BCUT2D eigenvalue weighted by Crippen LogP contribution is 2.10. The molecule has 1 aromatic carbocycles. The SMILES string of the molecule is Cc1ccc(NC(=O)N2CCCNC(=O)C2)cc1. The maximum Gasteiger partial charge on any atom is 0.322 e. The number of hydrogen-bond donors (Lipinski definition) is 2. The van der Waals surface area contributed by atoms with Crippen molar-refractivity contribution in [1.82, 2.24) is 10.2 Å². The fourth-order valence-corrected chi connectivity index (χ4v) is 1.82. The summed E-state index contributed by atoms with van der Waals surface area (Å²) in [5, 5.41) is 5.53. The summed E-state index contributed by atoms with van der Waals surface area (Å²) in [6.07, 6.45) is 0.785. The lowest BCUT2D eigenvalue weighted by Crippen LogP contribution is -2.39. The molecule has 0 unspecified atom stereocenters. The molecule has 1 aliphatic rings. The Kier molecular flexibility index (Phi) is 3.82. The van der Waals surface area contributed by atoms with E-state index in [2.05, 4.69) is 10.6 Å². The van der Waals surface area contributed by atoms with Gasteiger partial charge >= 0.3 is 6.03 Å². The van der Waals surface area contributed by atoms with Crippen molar-refractivity contribution in [2.45, 2.75) is 13.3 Å². The number of carbonyl (C=O) groups excluding carboxylic acids is 2. The molecular formula is C13H17N3O2. The molecule has 1 aromatic rings. The molecular weight excluding hydrogens is 230 g/mol. The standard InChI is InChI=1S/C13H17N3O2/c1-10-3-5-11(6-4-10)15-13(18)16-8-2-7-14-12(17)9-16/h3-6H,2,7-9H2,1H3,(H,14,17)(H,15,18). The summed E-state index contributed by atoms with van der Waals surface area (Å²) >= 11 is 0. The highest BCUT2D eigenvalue weighted by atomic mass is 16.2. The van der Waals surface area contributed by atoms with Crippen molar-refractivity contribution in [2.75, 3.05) is 25.0 Å². The highest BCUT2D eigenvalue weighted by molar-refractivity contribution is 5.92. The van der Waals surface area contributed by atoms with Crippen molar-refractivity contribution >= 4 is 17.6 Å². The second kappa shape index (κ2) is 5.53. The number of hydrogen-bond acceptors (Lipinski definition) is 2. The number of anilines is 1. The maximum atomic E-state index is 12.0. The van der Waals surface area contributed by atoms with E-state index in [1.165, 1.54) is 4.90 Å². The lowest BCUT2D eigenvalue weighted by Gasteiger charge is -2.19. The lowest BCUT2D eigenvalue weighted by molar-refractivity contribution is -0.120. The van der Waals surface area contributed by atoms with E-state index in [0.29, 0.717) is 13.1 Å². The van der Waals surface area contributed by atoms with Crippen LogP contribution in [0.4, 0.5) is 10.5 Å². The summed E-state index contributed by atoms with van der Waals surface area (Å²) in [5.41, 5.74) is 1.89. The van der Waals surface area contributed by atoms with Crippen molar-refractivity contribution in [3.63, 3.8) is 0 Å². The average Bonchev–Trinajstić information content (AvgIpc) is 2.57. The largest absolute Gasteiger partial charge is 0.354 e. The van der Waals surface area contributed by atoms with Crippen molar-refractivity contribution in [2.24, 2.45) is 0 Å². The average molecular weight is 247 g/mol. The molecule has 0 radical (unpaired) electrons. The first-order valence-corrected chi connectivity index (χ1v) is 6.04. The van der Waals surface area contributed by atoms with Gasteiger partial charge in [-0.1, -0.05) is 17.7 Å². The van der Waals surface area contributed by atoms with E-state index in [0.717, 1.165) is 17.7 Å². The highest BCUT2D eigenvalue weighted by Gasteiger charge is 2.19. The van der Waals surface area contributed by atoms with Crippen LogP contribution in [0.15, 0.2) is 24.3 Å². The van der Waals surface area contributed by atoms with Crippen LogP contribution in [0, 0.1) is 6.92 Å². The Morgan fingerprint density at radius 2 is 2.06 bits per heavy atom. The zero-order valence-corrected chi connectivity index (χ0v) is 10.4. The summed E-state index contributed by atoms with van der Waals surface area (Å²) in [6.45, 7) is 3.34. The number of nitrogens with one attached hydrogen (secondary N) is 2. The first-order valence-electron chi connectivity index (χ1n) is 6.04. The molecule has 3 amide bonds. The van der Waals surface area contributed by atoms with Crippen molar-refractivity contribution < 1.29 is 9.59 Å². The first kappa shape index (κ1) is 12.4. The van der Waals surface area contributed by atoms with Gasteiger partial charge in [0, 0.05) is 18.8 Å². The Labute approximate surface area is 106 Å². The van der Waals surface area contributed by atoms with Gasteiger partial charge in [0.05, 0.1) is 0 Å². The van der Waals surface area contributed by atoms with Crippen molar-refractivity contribution in [3.8, 4) is 0 Å². The quantitative estimate of drug-likeness (QED) is 0.787. The third-order valence-electron chi connectivity index (χ3n) is 2.85. The van der Waals surface area contributed by atoms with E-state index in [4.69, 9.17) is 0 Å². The first-order chi connectivity index (χ1) is 8.65. The Balaban J connectivity index is 1.98. The minimum atomic E-state index is -0.226. The third-order valence-corrected chi connectivity index (χ3v) is 2.85. The Morgan fingerprint density at radius 1 is 1.33 bits per heavy atom. The van der Waals surface area contributed by atoms with E-state index in [1.807, 2.05) is 31.2 Å². The van der Waals surface area contributed by atoms with Crippen LogP contribution in [0.1, 0.15) is 12.0 Å². The molecule has 1 saturated heterocycles. The molecule has 1 heterocycles. The van der Waals surface area contributed by atoms with E-state index in [-0.39, 0.29) is 18.5 Å². The van der Waals surface area contributed by atoms with Gasteiger partial charge in [-0.15, -0.1) is 0 Å². The Hall–Kier alpha value is -2.04. The smallest absolute Gasteiger partial charge is 0.322 e. The zero-order chi connectivity index (χ0) is 13.0. The van der Waals surface area contributed by atoms with Gasteiger partial charge in [0.15, 0.2) is 0 Å². The molecule has 5 heteroatoms. The minimum absolute atomic E-state index is 0.105.